The molecule has 0 spiro atoms. The third kappa shape index (κ3) is 6.86. The van der Waals surface area contributed by atoms with Crippen molar-refractivity contribution in [2.45, 2.75) is 12.5 Å². The van der Waals surface area contributed by atoms with Gasteiger partial charge in [-0.15, -0.1) is 0 Å². The van der Waals surface area contributed by atoms with Gasteiger partial charge < -0.3 is 15.5 Å². The van der Waals surface area contributed by atoms with Gasteiger partial charge in [-0.05, 0) is 0 Å². The van der Waals surface area contributed by atoms with E-state index in [-0.39, 0.29) is 6.42 Å². The van der Waals surface area contributed by atoms with Gasteiger partial charge in [-0.3, -0.25) is 4.79 Å². The van der Waals surface area contributed by atoms with Crippen LogP contribution >= 0.6 is 0 Å². The number of carbonyl (C=O) groups excluding carboxylic acids is 1. The largest absolute Gasteiger partial charge is 0.480 e. The van der Waals surface area contributed by atoms with E-state index in [2.05, 4.69) is 0 Å². The van der Waals surface area contributed by atoms with Crippen LogP contribution in [0.1, 0.15) is 6.42 Å². The number of aliphatic carboxylic acids is 1. The highest BCUT2D eigenvalue weighted by atomic mass is 32.2. The topological polar surface area (TPSA) is 121 Å². The van der Waals surface area contributed by atoms with E-state index in [1.165, 1.54) is 0 Å². The van der Waals surface area contributed by atoms with E-state index in [0.29, 0.717) is 0 Å². The lowest BCUT2D eigenvalue weighted by Gasteiger charge is -2.12. The zero-order valence-electron chi connectivity index (χ0n) is 8.13. The van der Waals surface area contributed by atoms with Crippen LogP contribution in [0.4, 0.5) is 0 Å². The minimum Gasteiger partial charge on any atom is -0.480 e. The normalized spacial score (nSPS) is 13.2. The van der Waals surface area contributed by atoms with E-state index in [1.54, 1.807) is 0 Å². The summed E-state index contributed by atoms with van der Waals surface area (Å²) in [5.74, 6) is -2.97. The van der Waals surface area contributed by atoms with E-state index in [0.717, 1.165) is 6.26 Å². The molecule has 0 aromatic heterocycles. The summed E-state index contributed by atoms with van der Waals surface area (Å²) in [5, 5.41) is 19.1. The maximum Gasteiger partial charge on any atom is 0.326 e. The van der Waals surface area contributed by atoms with E-state index in [9.17, 15) is 18.0 Å². The Morgan fingerprint density at radius 1 is 1.40 bits per heavy atom. The fourth-order valence-electron chi connectivity index (χ4n) is 0.861. The quantitative estimate of drug-likeness (QED) is 0.492. The van der Waals surface area contributed by atoms with Crippen molar-refractivity contribution in [2.75, 3.05) is 18.6 Å². The lowest BCUT2D eigenvalue weighted by Crippen LogP contribution is -2.43. The second-order valence-corrected chi connectivity index (χ2v) is 5.18. The number of amides is 1. The van der Waals surface area contributed by atoms with E-state index >= 15 is 0 Å². The molecule has 3 N–H and O–H groups in total. The number of carbonyl (C=O) groups is 2. The van der Waals surface area contributed by atoms with Crippen LogP contribution in [0.2, 0.25) is 0 Å². The predicted molar refractivity (Wildman–Crippen MR) is 51.0 cm³/mol. The van der Waals surface area contributed by atoms with Crippen molar-refractivity contribution in [2.24, 2.45) is 0 Å². The molecule has 1 unspecified atom stereocenters. The predicted octanol–water partition coefficient (Wildman–Crippen LogP) is -2.02. The monoisotopic (exact) mass is 239 g/mol. The van der Waals surface area contributed by atoms with Crippen LogP contribution in [0.15, 0.2) is 0 Å². The number of aliphatic hydroxyl groups is 1. The van der Waals surface area contributed by atoms with Crippen molar-refractivity contribution < 1.29 is 28.2 Å². The molecule has 0 fully saturated rings. The molecular weight excluding hydrogens is 226 g/mol. The average molecular weight is 239 g/mol. The first-order chi connectivity index (χ1) is 6.76. The van der Waals surface area contributed by atoms with Gasteiger partial charge in [0.15, 0.2) is 9.84 Å². The van der Waals surface area contributed by atoms with Crippen molar-refractivity contribution >= 4 is 21.7 Å². The van der Waals surface area contributed by atoms with Gasteiger partial charge in [0.25, 0.3) is 0 Å². The number of sulfone groups is 1. The minimum atomic E-state index is -3.48. The molecule has 0 radical (unpaired) electrons. The number of carboxylic acid groups (broad SMARTS) is 1. The van der Waals surface area contributed by atoms with Crippen molar-refractivity contribution in [1.29, 1.82) is 0 Å². The van der Waals surface area contributed by atoms with Gasteiger partial charge in [-0.2, -0.15) is 0 Å². The molecule has 0 aliphatic heterocycles. The van der Waals surface area contributed by atoms with E-state index in [1.807, 2.05) is 5.32 Å². The van der Waals surface area contributed by atoms with Crippen LogP contribution in [-0.2, 0) is 19.4 Å². The van der Waals surface area contributed by atoms with Crippen molar-refractivity contribution in [3.05, 3.63) is 0 Å². The molecule has 0 bridgehead atoms. The second kappa shape index (κ2) is 5.66. The lowest BCUT2D eigenvalue weighted by atomic mass is 10.2. The van der Waals surface area contributed by atoms with Crippen LogP contribution in [0, 0.1) is 0 Å². The van der Waals surface area contributed by atoms with Crippen LogP contribution in [0.3, 0.4) is 0 Å². The molecular formula is C7H13NO6S. The molecule has 88 valence electrons. The van der Waals surface area contributed by atoms with Crippen LogP contribution in [-0.4, -0.2) is 55.2 Å². The first kappa shape index (κ1) is 13.8. The Morgan fingerprint density at radius 3 is 2.27 bits per heavy atom. The fourth-order valence-corrected chi connectivity index (χ4v) is 1.42. The molecule has 1 atom stereocenters. The van der Waals surface area contributed by atoms with Crippen molar-refractivity contribution in [3.8, 4) is 0 Å². The first-order valence-electron chi connectivity index (χ1n) is 4.07. The van der Waals surface area contributed by atoms with Gasteiger partial charge in [0, 0.05) is 19.3 Å². The summed E-state index contributed by atoms with van der Waals surface area (Å²) >= 11 is 0. The second-order valence-electron chi connectivity index (χ2n) is 3.04. The third-order valence-electron chi connectivity index (χ3n) is 1.44. The molecule has 15 heavy (non-hydrogen) atoms. The van der Waals surface area contributed by atoms with E-state index < -0.39 is 40.1 Å². The number of hydrogen-bond acceptors (Lipinski definition) is 5. The minimum absolute atomic E-state index is 0.162. The smallest absolute Gasteiger partial charge is 0.326 e. The van der Waals surface area contributed by atoms with Gasteiger partial charge >= 0.3 is 5.97 Å². The van der Waals surface area contributed by atoms with Gasteiger partial charge in [0.05, 0.1) is 0 Å². The molecule has 7 nitrogen and oxygen atoms in total. The Labute approximate surface area is 87.0 Å². The van der Waals surface area contributed by atoms with Gasteiger partial charge in [0.2, 0.25) is 5.91 Å². The highest BCUT2D eigenvalue weighted by molar-refractivity contribution is 7.91. The summed E-state index contributed by atoms with van der Waals surface area (Å²) in [6, 6.07) is -1.26. The summed E-state index contributed by atoms with van der Waals surface area (Å²) in [5.41, 5.74) is 0. The van der Waals surface area contributed by atoms with Crippen LogP contribution < -0.4 is 5.32 Å². The number of carboxylic acids is 1. The Bertz CT molecular complexity index is 335. The summed E-state index contributed by atoms with van der Waals surface area (Å²) in [6.45, 7) is -0.407. The zero-order valence-corrected chi connectivity index (χ0v) is 8.95. The van der Waals surface area contributed by atoms with Gasteiger partial charge in [-0.1, -0.05) is 0 Å². The van der Waals surface area contributed by atoms with Crippen LogP contribution in [0.5, 0.6) is 0 Å². The molecule has 0 saturated carbocycles. The average Bonchev–Trinajstić information content (AvgIpc) is 1.99. The summed E-state index contributed by atoms with van der Waals surface area (Å²) < 4.78 is 21.4. The maximum absolute atomic E-state index is 11.0. The Hall–Kier alpha value is -1.15. The molecule has 8 heteroatoms. The SMILES string of the molecule is CS(=O)(=O)CC(=O)NC(CCO)C(=O)O. The maximum atomic E-state index is 11.0. The Balaban J connectivity index is 4.30. The zero-order chi connectivity index (χ0) is 12.1. The summed E-state index contributed by atoms with van der Waals surface area (Å²) in [7, 11) is -3.48. The van der Waals surface area contributed by atoms with Gasteiger partial charge in [0.1, 0.15) is 11.8 Å². The Morgan fingerprint density at radius 2 is 1.93 bits per heavy atom. The van der Waals surface area contributed by atoms with E-state index in [4.69, 9.17) is 10.2 Å². The standard InChI is InChI=1S/C7H13NO6S/c1-15(13,14)4-6(10)8-5(2-3-9)7(11)12/h5,9H,2-4H2,1H3,(H,8,10)(H,11,12). The lowest BCUT2D eigenvalue weighted by molar-refractivity contribution is -0.141. The summed E-state index contributed by atoms with van der Waals surface area (Å²) in [6.07, 6.45) is 0.708. The highest BCUT2D eigenvalue weighted by Gasteiger charge is 2.20. The van der Waals surface area contributed by atoms with Crippen molar-refractivity contribution in [1.82, 2.24) is 5.32 Å². The fraction of sp³-hybridized carbons (Fsp3) is 0.714. The van der Waals surface area contributed by atoms with Gasteiger partial charge in [-0.25, -0.2) is 13.2 Å². The number of hydrogen-bond donors (Lipinski definition) is 3. The highest BCUT2D eigenvalue weighted by Crippen LogP contribution is 1.92. The molecule has 0 saturated heterocycles. The molecule has 0 aromatic rings. The number of nitrogens with one attached hydrogen (secondary N) is 1. The van der Waals surface area contributed by atoms with Crippen molar-refractivity contribution in [3.63, 3.8) is 0 Å². The molecule has 1 amide bonds. The van der Waals surface area contributed by atoms with Crippen LogP contribution in [0.25, 0.3) is 0 Å². The third-order valence-corrected chi connectivity index (χ3v) is 2.23. The first-order valence-corrected chi connectivity index (χ1v) is 6.13. The number of aliphatic hydroxyl groups excluding tert-OH is 1. The molecule has 0 aromatic carbocycles. The molecule has 0 rings (SSSR count). The molecule has 0 heterocycles. The molecule has 0 aliphatic carbocycles. The Kier molecular flexibility index (Phi) is 5.23. The molecule has 0 aliphatic rings. The number of rotatable bonds is 6. The summed E-state index contributed by atoms with van der Waals surface area (Å²) in [4.78, 5) is 21.5.